The number of rotatable bonds is 3. The molecule has 1 fully saturated rings. The first kappa shape index (κ1) is 13.8. The first-order valence-electron chi connectivity index (χ1n) is 7.44. The van der Waals surface area contributed by atoms with E-state index in [4.69, 9.17) is 0 Å². The lowest BCUT2D eigenvalue weighted by Gasteiger charge is -2.27. The summed E-state index contributed by atoms with van der Waals surface area (Å²) < 4.78 is 29.3. The third-order valence-electron chi connectivity index (χ3n) is 4.36. The first-order valence-corrected chi connectivity index (χ1v) is 7.44. The van der Waals surface area contributed by atoms with Crippen LogP contribution in [0.15, 0.2) is 18.2 Å². The summed E-state index contributed by atoms with van der Waals surface area (Å²) in [7, 11) is 0. The quantitative estimate of drug-likeness (QED) is 0.907. The number of aryl methyl sites for hydroxylation is 1. The molecule has 1 heterocycles. The molecule has 0 amide bonds. The molecule has 1 saturated carbocycles. The maximum absolute atomic E-state index is 12.4. The average Bonchev–Trinajstić information content (AvgIpc) is 3.20. The Morgan fingerprint density at radius 3 is 2.75 bits per heavy atom. The fourth-order valence-corrected chi connectivity index (χ4v) is 3.06. The standard InChI is InChI=1S/C16H21F2NO/c1-10-2-3-11-6-7-13(20-16(17)18)8-14(11)15(19-9-10)12-4-5-12/h6-8,10,12,15-16,19H,2-5,9H2,1H3. The molecule has 2 atom stereocenters. The van der Waals surface area contributed by atoms with Gasteiger partial charge in [-0.05, 0) is 67.3 Å². The summed E-state index contributed by atoms with van der Waals surface area (Å²) >= 11 is 0. The third-order valence-corrected chi connectivity index (χ3v) is 4.36. The van der Waals surface area contributed by atoms with E-state index in [1.165, 1.54) is 18.4 Å². The molecule has 0 radical (unpaired) electrons. The van der Waals surface area contributed by atoms with E-state index in [1.54, 1.807) is 6.07 Å². The Hall–Kier alpha value is -1.16. The molecule has 3 rings (SSSR count). The molecule has 110 valence electrons. The predicted molar refractivity (Wildman–Crippen MR) is 74.0 cm³/mol. The van der Waals surface area contributed by atoms with Crippen molar-refractivity contribution in [2.24, 2.45) is 11.8 Å². The van der Waals surface area contributed by atoms with Crippen LogP contribution in [0, 0.1) is 11.8 Å². The van der Waals surface area contributed by atoms with Crippen LogP contribution in [-0.4, -0.2) is 13.2 Å². The Morgan fingerprint density at radius 2 is 2.05 bits per heavy atom. The van der Waals surface area contributed by atoms with Crippen LogP contribution >= 0.6 is 0 Å². The highest BCUT2D eigenvalue weighted by Gasteiger charge is 2.34. The van der Waals surface area contributed by atoms with E-state index in [9.17, 15) is 8.78 Å². The lowest BCUT2D eigenvalue weighted by molar-refractivity contribution is -0.0499. The Morgan fingerprint density at radius 1 is 1.25 bits per heavy atom. The zero-order valence-corrected chi connectivity index (χ0v) is 11.7. The Kier molecular flexibility index (Phi) is 3.92. The zero-order valence-electron chi connectivity index (χ0n) is 11.7. The first-order chi connectivity index (χ1) is 9.63. The molecule has 0 spiro atoms. The highest BCUT2D eigenvalue weighted by Crippen LogP contribution is 2.43. The molecule has 0 bridgehead atoms. The second-order valence-corrected chi connectivity index (χ2v) is 6.11. The van der Waals surface area contributed by atoms with Crippen LogP contribution in [0.5, 0.6) is 5.75 Å². The van der Waals surface area contributed by atoms with Gasteiger partial charge in [-0.25, -0.2) is 0 Å². The van der Waals surface area contributed by atoms with Crippen LogP contribution in [0.2, 0.25) is 0 Å². The van der Waals surface area contributed by atoms with Gasteiger partial charge in [0.05, 0.1) is 0 Å². The van der Waals surface area contributed by atoms with Gasteiger partial charge in [-0.3, -0.25) is 0 Å². The van der Waals surface area contributed by atoms with Crippen LogP contribution in [-0.2, 0) is 6.42 Å². The number of ether oxygens (including phenoxy) is 1. The molecular formula is C16H21F2NO. The summed E-state index contributed by atoms with van der Waals surface area (Å²) in [5, 5.41) is 3.63. The van der Waals surface area contributed by atoms with Gasteiger partial charge in [0.15, 0.2) is 0 Å². The van der Waals surface area contributed by atoms with E-state index in [0.29, 0.717) is 17.9 Å². The van der Waals surface area contributed by atoms with Crippen molar-refractivity contribution in [2.75, 3.05) is 6.54 Å². The van der Waals surface area contributed by atoms with Crippen LogP contribution in [0.1, 0.15) is 43.4 Å². The zero-order chi connectivity index (χ0) is 14.1. The summed E-state index contributed by atoms with van der Waals surface area (Å²) in [6, 6.07) is 5.74. The lowest BCUT2D eigenvalue weighted by Crippen LogP contribution is -2.30. The third kappa shape index (κ3) is 3.11. The molecule has 1 aliphatic carbocycles. The van der Waals surface area contributed by atoms with Crippen molar-refractivity contribution in [3.05, 3.63) is 29.3 Å². The topological polar surface area (TPSA) is 21.3 Å². The molecule has 2 aliphatic rings. The van der Waals surface area contributed by atoms with Crippen molar-refractivity contribution in [3.63, 3.8) is 0 Å². The minimum absolute atomic E-state index is 0.278. The molecule has 1 aliphatic heterocycles. The summed E-state index contributed by atoms with van der Waals surface area (Å²) in [5.74, 6) is 1.59. The maximum Gasteiger partial charge on any atom is 0.387 e. The molecule has 0 aromatic heterocycles. The van der Waals surface area contributed by atoms with E-state index in [2.05, 4.69) is 17.0 Å². The van der Waals surface area contributed by atoms with E-state index < -0.39 is 6.61 Å². The van der Waals surface area contributed by atoms with Gasteiger partial charge in [-0.15, -0.1) is 0 Å². The minimum atomic E-state index is -2.76. The summed E-state index contributed by atoms with van der Waals surface area (Å²) in [6.07, 6.45) is 4.61. The van der Waals surface area contributed by atoms with Crippen LogP contribution in [0.4, 0.5) is 8.78 Å². The molecule has 1 N–H and O–H groups in total. The monoisotopic (exact) mass is 281 g/mol. The van der Waals surface area contributed by atoms with E-state index in [1.807, 2.05) is 12.1 Å². The normalized spacial score (nSPS) is 26.8. The second kappa shape index (κ2) is 5.68. The summed E-state index contributed by atoms with van der Waals surface area (Å²) in [6.45, 7) is 0.505. The SMILES string of the molecule is CC1CCc2ccc(OC(F)F)cc2C(C2CC2)NC1. The number of hydrogen-bond acceptors (Lipinski definition) is 2. The molecular weight excluding hydrogens is 260 g/mol. The summed E-state index contributed by atoms with van der Waals surface area (Å²) in [5.41, 5.74) is 2.44. The molecule has 4 heteroatoms. The van der Waals surface area contributed by atoms with Crippen LogP contribution in [0.3, 0.4) is 0 Å². The Labute approximate surface area is 118 Å². The minimum Gasteiger partial charge on any atom is -0.435 e. The van der Waals surface area contributed by atoms with Gasteiger partial charge in [0, 0.05) is 6.04 Å². The molecule has 1 aromatic carbocycles. The van der Waals surface area contributed by atoms with E-state index in [0.717, 1.165) is 24.9 Å². The average molecular weight is 281 g/mol. The number of nitrogens with one attached hydrogen (secondary N) is 1. The smallest absolute Gasteiger partial charge is 0.387 e. The number of alkyl halides is 2. The van der Waals surface area contributed by atoms with E-state index in [-0.39, 0.29) is 5.75 Å². The van der Waals surface area contributed by atoms with Crippen molar-refractivity contribution in [1.29, 1.82) is 0 Å². The summed E-state index contributed by atoms with van der Waals surface area (Å²) in [4.78, 5) is 0. The molecule has 2 unspecified atom stereocenters. The largest absolute Gasteiger partial charge is 0.435 e. The molecule has 20 heavy (non-hydrogen) atoms. The number of hydrogen-bond donors (Lipinski definition) is 1. The van der Waals surface area contributed by atoms with Crippen LogP contribution in [0.25, 0.3) is 0 Å². The number of benzene rings is 1. The molecule has 0 saturated heterocycles. The van der Waals surface area contributed by atoms with Gasteiger partial charge in [0.2, 0.25) is 0 Å². The fourth-order valence-electron chi connectivity index (χ4n) is 3.06. The van der Waals surface area contributed by atoms with Gasteiger partial charge < -0.3 is 10.1 Å². The fraction of sp³-hybridized carbons (Fsp3) is 0.625. The van der Waals surface area contributed by atoms with Crippen molar-refractivity contribution in [1.82, 2.24) is 5.32 Å². The van der Waals surface area contributed by atoms with Crippen molar-refractivity contribution in [2.45, 2.75) is 45.3 Å². The van der Waals surface area contributed by atoms with E-state index >= 15 is 0 Å². The van der Waals surface area contributed by atoms with Crippen molar-refractivity contribution < 1.29 is 13.5 Å². The predicted octanol–water partition coefficient (Wildman–Crippen LogP) is 3.91. The molecule has 2 nitrogen and oxygen atoms in total. The van der Waals surface area contributed by atoms with Gasteiger partial charge >= 0.3 is 6.61 Å². The highest BCUT2D eigenvalue weighted by atomic mass is 19.3. The van der Waals surface area contributed by atoms with Gasteiger partial charge in [-0.2, -0.15) is 8.78 Å². The second-order valence-electron chi connectivity index (χ2n) is 6.11. The van der Waals surface area contributed by atoms with Crippen molar-refractivity contribution in [3.8, 4) is 5.75 Å². The number of halogens is 2. The van der Waals surface area contributed by atoms with Gasteiger partial charge in [0.1, 0.15) is 5.75 Å². The van der Waals surface area contributed by atoms with Crippen molar-refractivity contribution >= 4 is 0 Å². The molecule has 1 aromatic rings. The Balaban J connectivity index is 1.91. The van der Waals surface area contributed by atoms with Crippen LogP contribution < -0.4 is 10.1 Å². The Bertz CT molecular complexity index is 474. The highest BCUT2D eigenvalue weighted by molar-refractivity contribution is 5.39. The van der Waals surface area contributed by atoms with Gasteiger partial charge in [-0.1, -0.05) is 13.0 Å². The van der Waals surface area contributed by atoms with Gasteiger partial charge in [0.25, 0.3) is 0 Å². The number of fused-ring (bicyclic) bond motifs is 1. The lowest BCUT2D eigenvalue weighted by atomic mass is 9.89. The maximum atomic E-state index is 12.4.